The zero-order valence-corrected chi connectivity index (χ0v) is 30.8. The maximum absolute atomic E-state index is 6.29. The number of aromatic nitrogens is 3. The van der Waals surface area contributed by atoms with E-state index in [4.69, 9.17) is 19.4 Å². The van der Waals surface area contributed by atoms with Crippen molar-refractivity contribution in [3.8, 4) is 67.5 Å². The van der Waals surface area contributed by atoms with Gasteiger partial charge in [0.25, 0.3) is 0 Å². The van der Waals surface area contributed by atoms with Crippen molar-refractivity contribution in [1.29, 1.82) is 0 Å². The van der Waals surface area contributed by atoms with E-state index in [-0.39, 0.29) is 0 Å². The zero-order valence-electron chi connectivity index (χ0n) is 30.8. The smallest absolute Gasteiger partial charge is 0.164 e. The van der Waals surface area contributed by atoms with Crippen LogP contribution < -0.4 is 0 Å². The van der Waals surface area contributed by atoms with E-state index in [9.17, 15) is 0 Å². The van der Waals surface area contributed by atoms with E-state index in [2.05, 4.69) is 140 Å². The Balaban J connectivity index is 1.11. The Morgan fingerprint density at radius 3 is 1.68 bits per heavy atom. The van der Waals surface area contributed by atoms with Gasteiger partial charge in [0.15, 0.2) is 17.5 Å². The predicted octanol–water partition coefficient (Wildman–Crippen LogP) is 14.1. The van der Waals surface area contributed by atoms with E-state index in [1.54, 1.807) is 0 Å². The molecule has 4 heteroatoms. The Hall–Kier alpha value is -7.69. The summed E-state index contributed by atoms with van der Waals surface area (Å²) in [6, 6.07) is 70.1. The third kappa shape index (κ3) is 5.92. The minimum Gasteiger partial charge on any atom is -0.456 e. The fourth-order valence-corrected chi connectivity index (χ4v) is 8.08. The summed E-state index contributed by atoms with van der Waals surface area (Å²) >= 11 is 0. The van der Waals surface area contributed by atoms with E-state index in [1.165, 1.54) is 32.7 Å². The Labute approximate surface area is 329 Å². The fraction of sp³-hybridized carbons (Fsp3) is 0. The first-order valence-corrected chi connectivity index (χ1v) is 19.2. The van der Waals surface area contributed by atoms with Crippen molar-refractivity contribution >= 4 is 43.5 Å². The molecule has 11 aromatic rings. The number of rotatable bonds is 6. The van der Waals surface area contributed by atoms with Gasteiger partial charge in [0, 0.05) is 27.5 Å². The van der Waals surface area contributed by atoms with Gasteiger partial charge in [0.05, 0.1) is 0 Å². The van der Waals surface area contributed by atoms with Gasteiger partial charge in [0.2, 0.25) is 0 Å². The molecule has 9 aromatic carbocycles. The molecule has 57 heavy (non-hydrogen) atoms. The van der Waals surface area contributed by atoms with Gasteiger partial charge in [-0.15, -0.1) is 0 Å². The highest BCUT2D eigenvalue weighted by Crippen LogP contribution is 2.39. The molecule has 0 aliphatic heterocycles. The second kappa shape index (κ2) is 13.6. The molecule has 266 valence electrons. The molecule has 4 nitrogen and oxygen atoms in total. The van der Waals surface area contributed by atoms with Gasteiger partial charge in [-0.1, -0.05) is 164 Å². The molecule has 0 aliphatic carbocycles. The lowest BCUT2D eigenvalue weighted by atomic mass is 9.93. The molecule has 0 saturated heterocycles. The third-order valence-corrected chi connectivity index (χ3v) is 10.9. The molecule has 0 fully saturated rings. The van der Waals surface area contributed by atoms with Crippen LogP contribution in [-0.2, 0) is 0 Å². The molecular formula is C53H33N3O. The number of para-hydroxylation sites is 1. The zero-order chi connectivity index (χ0) is 37.7. The van der Waals surface area contributed by atoms with Gasteiger partial charge in [0.1, 0.15) is 11.2 Å². The lowest BCUT2D eigenvalue weighted by Crippen LogP contribution is -2.01. The SMILES string of the molecule is c1ccc(-c2nc(-c3cc(-c4ccc(-c5cccc6ccccc56)cc4)cc(-c4ccc5ccccc5c4)c3)nc(-c3cccc4oc5ccccc5c34)n2)cc1. The molecule has 0 radical (unpaired) electrons. The highest BCUT2D eigenvalue weighted by atomic mass is 16.3. The highest BCUT2D eigenvalue weighted by molar-refractivity contribution is 6.11. The molecule has 0 aliphatic rings. The van der Waals surface area contributed by atoms with Crippen LogP contribution in [0.2, 0.25) is 0 Å². The minimum atomic E-state index is 0.591. The van der Waals surface area contributed by atoms with Crippen LogP contribution in [0.3, 0.4) is 0 Å². The van der Waals surface area contributed by atoms with Crippen molar-refractivity contribution in [1.82, 2.24) is 15.0 Å². The number of hydrogen-bond donors (Lipinski definition) is 0. The third-order valence-electron chi connectivity index (χ3n) is 10.9. The van der Waals surface area contributed by atoms with Crippen LogP contribution in [-0.4, -0.2) is 15.0 Å². The summed E-state index contributed by atoms with van der Waals surface area (Å²) in [4.78, 5) is 15.6. The Morgan fingerprint density at radius 1 is 0.281 bits per heavy atom. The summed E-state index contributed by atoms with van der Waals surface area (Å²) in [6.45, 7) is 0. The Kier molecular flexibility index (Phi) is 7.78. The molecule has 0 saturated carbocycles. The van der Waals surface area contributed by atoms with Crippen LogP contribution in [0.25, 0.3) is 111 Å². The first kappa shape index (κ1) is 32.7. The molecule has 0 amide bonds. The van der Waals surface area contributed by atoms with E-state index in [0.717, 1.165) is 60.9 Å². The molecule has 11 rings (SSSR count). The number of hydrogen-bond acceptors (Lipinski definition) is 4. The summed E-state index contributed by atoms with van der Waals surface area (Å²) < 4.78 is 6.29. The van der Waals surface area contributed by atoms with E-state index in [0.29, 0.717) is 17.5 Å². The molecule has 0 bridgehead atoms. The van der Waals surface area contributed by atoms with Crippen molar-refractivity contribution in [2.45, 2.75) is 0 Å². The molecular weight excluding hydrogens is 695 g/mol. The summed E-state index contributed by atoms with van der Waals surface area (Å²) in [5, 5.41) is 6.88. The first-order chi connectivity index (χ1) is 28.2. The monoisotopic (exact) mass is 727 g/mol. The van der Waals surface area contributed by atoms with Gasteiger partial charge in [-0.25, -0.2) is 15.0 Å². The molecule has 2 heterocycles. The largest absolute Gasteiger partial charge is 0.456 e. The molecule has 0 N–H and O–H groups in total. The predicted molar refractivity (Wildman–Crippen MR) is 235 cm³/mol. The Morgan fingerprint density at radius 2 is 0.842 bits per heavy atom. The van der Waals surface area contributed by atoms with Crippen LogP contribution in [0, 0.1) is 0 Å². The van der Waals surface area contributed by atoms with Crippen molar-refractivity contribution in [2.24, 2.45) is 0 Å². The van der Waals surface area contributed by atoms with Crippen molar-refractivity contribution in [3.05, 3.63) is 200 Å². The van der Waals surface area contributed by atoms with E-state index < -0.39 is 0 Å². The van der Waals surface area contributed by atoms with E-state index in [1.807, 2.05) is 60.7 Å². The molecule has 0 spiro atoms. The molecule has 0 atom stereocenters. The van der Waals surface area contributed by atoms with Gasteiger partial charge < -0.3 is 4.42 Å². The van der Waals surface area contributed by atoms with Gasteiger partial charge in [-0.2, -0.15) is 0 Å². The topological polar surface area (TPSA) is 51.8 Å². The second-order valence-corrected chi connectivity index (χ2v) is 14.4. The second-order valence-electron chi connectivity index (χ2n) is 14.4. The first-order valence-electron chi connectivity index (χ1n) is 19.2. The molecule has 2 aromatic heterocycles. The Bertz CT molecular complexity index is 3290. The van der Waals surface area contributed by atoms with Crippen molar-refractivity contribution in [2.75, 3.05) is 0 Å². The van der Waals surface area contributed by atoms with Crippen LogP contribution in [0.15, 0.2) is 205 Å². The summed E-state index contributed by atoms with van der Waals surface area (Å²) in [5.41, 5.74) is 11.1. The van der Waals surface area contributed by atoms with Crippen LogP contribution in [0.1, 0.15) is 0 Å². The van der Waals surface area contributed by atoms with Crippen LogP contribution in [0.4, 0.5) is 0 Å². The van der Waals surface area contributed by atoms with Crippen molar-refractivity contribution in [3.63, 3.8) is 0 Å². The van der Waals surface area contributed by atoms with Crippen LogP contribution in [0.5, 0.6) is 0 Å². The maximum atomic E-state index is 6.29. The lowest BCUT2D eigenvalue weighted by Gasteiger charge is -2.14. The lowest BCUT2D eigenvalue weighted by molar-refractivity contribution is 0.669. The summed E-state index contributed by atoms with van der Waals surface area (Å²) in [7, 11) is 0. The fourth-order valence-electron chi connectivity index (χ4n) is 8.08. The van der Waals surface area contributed by atoms with Gasteiger partial charge >= 0.3 is 0 Å². The summed E-state index contributed by atoms with van der Waals surface area (Å²) in [6.07, 6.45) is 0. The normalized spacial score (nSPS) is 11.5. The van der Waals surface area contributed by atoms with Gasteiger partial charge in [-0.05, 0) is 91.3 Å². The minimum absolute atomic E-state index is 0.591. The molecule has 0 unspecified atom stereocenters. The number of nitrogens with zero attached hydrogens (tertiary/aromatic N) is 3. The number of benzene rings is 9. The quantitative estimate of drug-likeness (QED) is 0.171. The standard InChI is InChI=1S/C53H33N3O/c1-2-14-38(15-3-1)51-54-52(56-53(55-51)47-21-11-23-49-50(47)46-19-8-9-22-48(46)57-49)43-32-41(31-42(33-43)40-29-26-34-12-4-5-16-39(34)30-40)35-24-27-37(28-25-35)45-20-10-17-36-13-6-7-18-44(36)45/h1-33H. The number of fused-ring (bicyclic) bond motifs is 5. The number of furan rings is 1. The average Bonchev–Trinajstić information content (AvgIpc) is 3.68. The van der Waals surface area contributed by atoms with E-state index >= 15 is 0 Å². The average molecular weight is 728 g/mol. The van der Waals surface area contributed by atoms with Crippen LogP contribution >= 0.6 is 0 Å². The maximum Gasteiger partial charge on any atom is 0.164 e. The van der Waals surface area contributed by atoms with Crippen molar-refractivity contribution < 1.29 is 4.42 Å². The van der Waals surface area contributed by atoms with Gasteiger partial charge in [-0.3, -0.25) is 0 Å². The summed E-state index contributed by atoms with van der Waals surface area (Å²) in [5.74, 6) is 1.80. The highest BCUT2D eigenvalue weighted by Gasteiger charge is 2.19.